The van der Waals surface area contributed by atoms with Gasteiger partial charge >= 0.3 is 0 Å². The standard InChI is InChI=1S/C11H19IN4/c1-11(2,3)9(4-5-13)16-10-8(12)6-14-7-15-10/h6-7,9H,4-5,13H2,1-3H3,(H,14,15,16). The van der Waals surface area contributed by atoms with Gasteiger partial charge in [-0.3, -0.25) is 0 Å². The lowest BCUT2D eigenvalue weighted by Gasteiger charge is -2.31. The molecule has 1 atom stereocenters. The Balaban J connectivity index is 2.80. The second kappa shape index (κ2) is 5.77. The molecular weight excluding hydrogens is 315 g/mol. The number of anilines is 1. The lowest BCUT2D eigenvalue weighted by Crippen LogP contribution is -2.36. The fourth-order valence-corrected chi connectivity index (χ4v) is 1.93. The van der Waals surface area contributed by atoms with Crippen molar-refractivity contribution in [3.63, 3.8) is 0 Å². The molecule has 0 radical (unpaired) electrons. The highest BCUT2D eigenvalue weighted by atomic mass is 127. The van der Waals surface area contributed by atoms with Crippen LogP contribution in [0.15, 0.2) is 12.5 Å². The van der Waals surface area contributed by atoms with Crippen LogP contribution in [0.4, 0.5) is 5.82 Å². The quantitative estimate of drug-likeness (QED) is 0.829. The number of rotatable bonds is 4. The molecule has 0 saturated carbocycles. The summed E-state index contributed by atoms with van der Waals surface area (Å²) >= 11 is 2.23. The van der Waals surface area contributed by atoms with Crippen LogP contribution in [0.25, 0.3) is 0 Å². The van der Waals surface area contributed by atoms with E-state index in [4.69, 9.17) is 5.73 Å². The van der Waals surface area contributed by atoms with Crippen LogP contribution in [0, 0.1) is 8.99 Å². The monoisotopic (exact) mass is 334 g/mol. The van der Waals surface area contributed by atoms with Crippen molar-refractivity contribution in [1.82, 2.24) is 9.97 Å². The Morgan fingerprint density at radius 2 is 2.19 bits per heavy atom. The van der Waals surface area contributed by atoms with E-state index in [0.717, 1.165) is 15.8 Å². The van der Waals surface area contributed by atoms with Gasteiger partial charge in [-0.05, 0) is 41.0 Å². The molecule has 0 saturated heterocycles. The number of nitrogens with zero attached hydrogens (tertiary/aromatic N) is 2. The van der Waals surface area contributed by atoms with Crippen molar-refractivity contribution in [1.29, 1.82) is 0 Å². The average molecular weight is 334 g/mol. The number of nitrogens with two attached hydrogens (primary N) is 1. The maximum absolute atomic E-state index is 5.64. The normalized spacial score (nSPS) is 13.6. The van der Waals surface area contributed by atoms with Crippen LogP contribution in [-0.2, 0) is 0 Å². The third-order valence-electron chi connectivity index (χ3n) is 2.48. The van der Waals surface area contributed by atoms with Gasteiger partial charge < -0.3 is 11.1 Å². The van der Waals surface area contributed by atoms with Gasteiger partial charge in [-0.2, -0.15) is 0 Å². The molecule has 90 valence electrons. The minimum absolute atomic E-state index is 0.160. The molecule has 0 spiro atoms. The molecule has 0 aliphatic rings. The van der Waals surface area contributed by atoms with Crippen LogP contribution in [0.2, 0.25) is 0 Å². The smallest absolute Gasteiger partial charge is 0.143 e. The van der Waals surface area contributed by atoms with Crippen LogP contribution < -0.4 is 11.1 Å². The van der Waals surface area contributed by atoms with E-state index in [9.17, 15) is 0 Å². The Kier molecular flexibility index (Phi) is 4.91. The molecule has 1 rings (SSSR count). The molecule has 1 aromatic rings. The molecule has 1 heterocycles. The van der Waals surface area contributed by atoms with E-state index < -0.39 is 0 Å². The van der Waals surface area contributed by atoms with Crippen molar-refractivity contribution in [2.75, 3.05) is 11.9 Å². The van der Waals surface area contributed by atoms with E-state index in [1.54, 1.807) is 12.5 Å². The Hall–Kier alpha value is -0.430. The molecule has 3 N–H and O–H groups in total. The summed E-state index contributed by atoms with van der Waals surface area (Å²) in [4.78, 5) is 8.22. The number of aromatic nitrogens is 2. The molecule has 1 unspecified atom stereocenters. The summed E-state index contributed by atoms with van der Waals surface area (Å²) in [6, 6.07) is 0.320. The highest BCUT2D eigenvalue weighted by Crippen LogP contribution is 2.26. The second-order valence-corrected chi connectivity index (χ2v) is 6.02. The fraction of sp³-hybridized carbons (Fsp3) is 0.636. The van der Waals surface area contributed by atoms with Gasteiger partial charge in [-0.1, -0.05) is 20.8 Å². The van der Waals surface area contributed by atoms with Gasteiger partial charge in [-0.15, -0.1) is 0 Å². The molecule has 5 heteroatoms. The highest BCUT2D eigenvalue weighted by molar-refractivity contribution is 14.1. The molecule has 0 amide bonds. The largest absolute Gasteiger partial charge is 0.366 e. The van der Waals surface area contributed by atoms with Crippen molar-refractivity contribution in [3.8, 4) is 0 Å². The summed E-state index contributed by atoms with van der Waals surface area (Å²) < 4.78 is 1.03. The molecule has 0 fully saturated rings. The van der Waals surface area contributed by atoms with E-state index in [1.165, 1.54) is 0 Å². The zero-order valence-electron chi connectivity index (χ0n) is 10.00. The minimum Gasteiger partial charge on any atom is -0.366 e. The van der Waals surface area contributed by atoms with Crippen molar-refractivity contribution in [2.24, 2.45) is 11.1 Å². The highest BCUT2D eigenvalue weighted by Gasteiger charge is 2.24. The SMILES string of the molecule is CC(C)(C)C(CCN)Nc1ncncc1I. The number of hydrogen-bond acceptors (Lipinski definition) is 4. The summed E-state index contributed by atoms with van der Waals surface area (Å²) in [5.74, 6) is 0.893. The van der Waals surface area contributed by atoms with E-state index in [-0.39, 0.29) is 5.41 Å². The van der Waals surface area contributed by atoms with Gasteiger partial charge in [0.1, 0.15) is 12.1 Å². The zero-order chi connectivity index (χ0) is 12.2. The lowest BCUT2D eigenvalue weighted by atomic mass is 9.85. The Labute approximate surface area is 111 Å². The Morgan fingerprint density at radius 1 is 1.50 bits per heavy atom. The predicted molar refractivity (Wildman–Crippen MR) is 75.3 cm³/mol. The van der Waals surface area contributed by atoms with Gasteiger partial charge in [0.15, 0.2) is 0 Å². The summed E-state index contributed by atoms with van der Waals surface area (Å²) in [5, 5.41) is 3.45. The van der Waals surface area contributed by atoms with E-state index in [2.05, 4.69) is 58.6 Å². The van der Waals surface area contributed by atoms with Crippen LogP contribution >= 0.6 is 22.6 Å². The van der Waals surface area contributed by atoms with Gasteiger partial charge in [0, 0.05) is 12.2 Å². The van der Waals surface area contributed by atoms with Gasteiger partial charge in [0.2, 0.25) is 0 Å². The first-order chi connectivity index (χ1) is 7.45. The van der Waals surface area contributed by atoms with Gasteiger partial charge in [0.25, 0.3) is 0 Å². The van der Waals surface area contributed by atoms with Crippen molar-refractivity contribution in [3.05, 3.63) is 16.1 Å². The molecule has 0 bridgehead atoms. The second-order valence-electron chi connectivity index (χ2n) is 4.86. The molecule has 0 aliphatic heterocycles. The Morgan fingerprint density at radius 3 is 2.69 bits per heavy atom. The molecular formula is C11H19IN4. The number of halogens is 1. The van der Waals surface area contributed by atoms with Crippen LogP contribution in [0.1, 0.15) is 27.2 Å². The van der Waals surface area contributed by atoms with Gasteiger partial charge in [-0.25, -0.2) is 9.97 Å². The first kappa shape index (κ1) is 13.6. The predicted octanol–water partition coefficient (Wildman–Crippen LogP) is 2.26. The average Bonchev–Trinajstić information content (AvgIpc) is 2.19. The van der Waals surface area contributed by atoms with E-state index in [0.29, 0.717) is 12.6 Å². The molecule has 0 aliphatic carbocycles. The molecule has 1 aromatic heterocycles. The van der Waals surface area contributed by atoms with Crippen LogP contribution in [0.3, 0.4) is 0 Å². The lowest BCUT2D eigenvalue weighted by molar-refractivity contribution is 0.328. The maximum atomic E-state index is 5.64. The van der Waals surface area contributed by atoms with Crippen molar-refractivity contribution < 1.29 is 0 Å². The molecule has 16 heavy (non-hydrogen) atoms. The molecule has 4 nitrogen and oxygen atoms in total. The Bertz CT molecular complexity index is 335. The van der Waals surface area contributed by atoms with Crippen LogP contribution in [0.5, 0.6) is 0 Å². The summed E-state index contributed by atoms with van der Waals surface area (Å²) in [7, 11) is 0. The topological polar surface area (TPSA) is 63.8 Å². The van der Waals surface area contributed by atoms with E-state index in [1.807, 2.05) is 0 Å². The third kappa shape index (κ3) is 3.86. The summed E-state index contributed by atoms with van der Waals surface area (Å²) in [5.41, 5.74) is 5.80. The van der Waals surface area contributed by atoms with Crippen molar-refractivity contribution in [2.45, 2.75) is 33.2 Å². The number of nitrogens with one attached hydrogen (secondary N) is 1. The fourth-order valence-electron chi connectivity index (χ4n) is 1.47. The minimum atomic E-state index is 0.160. The number of hydrogen-bond donors (Lipinski definition) is 2. The summed E-state index contributed by atoms with van der Waals surface area (Å²) in [6.45, 7) is 7.29. The van der Waals surface area contributed by atoms with Gasteiger partial charge in [0.05, 0.1) is 3.57 Å². The zero-order valence-corrected chi connectivity index (χ0v) is 12.2. The first-order valence-corrected chi connectivity index (χ1v) is 6.45. The van der Waals surface area contributed by atoms with E-state index >= 15 is 0 Å². The summed E-state index contributed by atoms with van der Waals surface area (Å²) in [6.07, 6.45) is 4.30. The van der Waals surface area contributed by atoms with Crippen molar-refractivity contribution >= 4 is 28.4 Å². The van der Waals surface area contributed by atoms with Crippen LogP contribution in [-0.4, -0.2) is 22.6 Å². The maximum Gasteiger partial charge on any atom is 0.143 e. The third-order valence-corrected chi connectivity index (χ3v) is 3.27. The first-order valence-electron chi connectivity index (χ1n) is 5.37. The molecule has 0 aromatic carbocycles.